The van der Waals surface area contributed by atoms with Crippen LogP contribution in [0.15, 0.2) is 24.3 Å². The third-order valence-electron chi connectivity index (χ3n) is 2.65. The van der Waals surface area contributed by atoms with Crippen molar-refractivity contribution in [1.29, 1.82) is 0 Å². The molecule has 0 radical (unpaired) electrons. The molecule has 19 heavy (non-hydrogen) atoms. The van der Waals surface area contributed by atoms with Crippen molar-refractivity contribution in [3.05, 3.63) is 29.8 Å². The first-order valence-corrected chi connectivity index (χ1v) is 7.76. The molecule has 7 heteroatoms. The molecular weight excluding hydrogens is 279 g/mol. The highest BCUT2D eigenvalue weighted by Gasteiger charge is 2.23. The van der Waals surface area contributed by atoms with Gasteiger partial charge in [-0.05, 0) is 35.9 Å². The molecule has 0 spiro atoms. The quantitative estimate of drug-likeness (QED) is 0.467. The number of halogens is 4. The zero-order valence-corrected chi connectivity index (χ0v) is 11.6. The van der Waals surface area contributed by atoms with Crippen LogP contribution in [0.4, 0.5) is 17.3 Å². The van der Waals surface area contributed by atoms with Crippen molar-refractivity contribution in [1.82, 2.24) is 0 Å². The molecular formula is C12H17BF4OS. The van der Waals surface area contributed by atoms with Gasteiger partial charge in [0.25, 0.3) is 0 Å². The molecule has 1 aliphatic rings. The largest absolute Gasteiger partial charge is 0.673 e. The van der Waals surface area contributed by atoms with Gasteiger partial charge in [-0.1, -0.05) is 12.1 Å². The van der Waals surface area contributed by atoms with Crippen molar-refractivity contribution in [2.75, 3.05) is 18.6 Å². The van der Waals surface area contributed by atoms with Gasteiger partial charge in [0.1, 0.15) is 23.0 Å². The topological polar surface area (TPSA) is 9.23 Å². The molecule has 1 nitrogen and oxygen atoms in total. The minimum Gasteiger partial charge on any atom is -0.497 e. The monoisotopic (exact) mass is 296 g/mol. The zero-order chi connectivity index (χ0) is 14.3. The Morgan fingerprint density at radius 2 is 1.53 bits per heavy atom. The number of methoxy groups -OCH3 is 1. The number of hydrogen-bond donors (Lipinski definition) is 0. The van der Waals surface area contributed by atoms with E-state index in [9.17, 15) is 17.3 Å². The normalized spacial score (nSPS) is 15.8. The van der Waals surface area contributed by atoms with Gasteiger partial charge in [-0.25, -0.2) is 0 Å². The Morgan fingerprint density at radius 1 is 1.05 bits per heavy atom. The number of hydrogen-bond acceptors (Lipinski definition) is 1. The number of benzene rings is 1. The highest BCUT2D eigenvalue weighted by molar-refractivity contribution is 7.96. The summed E-state index contributed by atoms with van der Waals surface area (Å²) in [5.41, 5.74) is 1.47. The van der Waals surface area contributed by atoms with E-state index in [1.54, 1.807) is 7.11 Å². The van der Waals surface area contributed by atoms with Gasteiger partial charge in [-0.2, -0.15) is 0 Å². The van der Waals surface area contributed by atoms with E-state index >= 15 is 0 Å². The van der Waals surface area contributed by atoms with Crippen LogP contribution in [0.1, 0.15) is 18.4 Å². The van der Waals surface area contributed by atoms with Crippen molar-refractivity contribution in [2.24, 2.45) is 0 Å². The van der Waals surface area contributed by atoms with Crippen molar-refractivity contribution >= 4 is 18.1 Å². The molecule has 1 aliphatic heterocycles. The molecule has 1 aromatic rings. The molecule has 0 bridgehead atoms. The van der Waals surface area contributed by atoms with Gasteiger partial charge in [0.05, 0.1) is 7.11 Å². The summed E-state index contributed by atoms with van der Waals surface area (Å²) < 4.78 is 44.1. The highest BCUT2D eigenvalue weighted by atomic mass is 32.2. The molecule has 0 N–H and O–H groups in total. The van der Waals surface area contributed by atoms with Crippen LogP contribution in [-0.2, 0) is 16.6 Å². The van der Waals surface area contributed by atoms with Crippen LogP contribution < -0.4 is 4.74 Å². The molecule has 1 aromatic carbocycles. The maximum Gasteiger partial charge on any atom is 0.673 e. The van der Waals surface area contributed by atoms with E-state index in [1.807, 2.05) is 0 Å². The van der Waals surface area contributed by atoms with Crippen LogP contribution in [0.2, 0.25) is 0 Å². The molecule has 1 fully saturated rings. The fourth-order valence-corrected chi connectivity index (χ4v) is 4.20. The summed E-state index contributed by atoms with van der Waals surface area (Å²) in [4.78, 5) is 0. The molecule has 0 amide bonds. The first-order chi connectivity index (χ1) is 8.88. The third kappa shape index (κ3) is 8.03. The van der Waals surface area contributed by atoms with E-state index in [4.69, 9.17) is 4.74 Å². The SMILES string of the molecule is COc1ccc(C[S+]2CCCC2)cc1.F[B-](F)(F)F. The summed E-state index contributed by atoms with van der Waals surface area (Å²) >= 11 is 0. The highest BCUT2D eigenvalue weighted by Crippen LogP contribution is 2.20. The molecule has 2 rings (SSSR count). The van der Waals surface area contributed by atoms with Crippen molar-refractivity contribution in [2.45, 2.75) is 18.6 Å². The zero-order valence-electron chi connectivity index (χ0n) is 10.8. The van der Waals surface area contributed by atoms with Gasteiger partial charge in [0.2, 0.25) is 0 Å². The first kappa shape index (κ1) is 16.2. The lowest BCUT2D eigenvalue weighted by Gasteiger charge is -2.03. The van der Waals surface area contributed by atoms with E-state index in [0.717, 1.165) is 5.75 Å². The van der Waals surface area contributed by atoms with Gasteiger partial charge in [-0.15, -0.1) is 0 Å². The van der Waals surface area contributed by atoms with Crippen LogP contribution in [0.5, 0.6) is 5.75 Å². The van der Waals surface area contributed by atoms with Crippen LogP contribution in [-0.4, -0.2) is 25.9 Å². The van der Waals surface area contributed by atoms with Crippen LogP contribution in [0, 0.1) is 0 Å². The standard InChI is InChI=1S/C12H17OS.BF4/c1-13-12-6-4-11(5-7-12)10-14-8-2-3-9-14;2-1(3,4)5/h4-7H,2-3,8-10H2,1H3;/q+1;-1. The average molecular weight is 296 g/mol. The smallest absolute Gasteiger partial charge is 0.497 e. The lowest BCUT2D eigenvalue weighted by Crippen LogP contribution is -2.06. The molecule has 1 heterocycles. The molecule has 108 valence electrons. The van der Waals surface area contributed by atoms with Crippen molar-refractivity contribution < 1.29 is 22.0 Å². The second kappa shape index (κ2) is 7.67. The Kier molecular flexibility index (Phi) is 6.55. The minimum absolute atomic E-state index is 0.672. The average Bonchev–Trinajstić information content (AvgIpc) is 2.81. The second-order valence-electron chi connectivity index (χ2n) is 4.22. The van der Waals surface area contributed by atoms with E-state index in [1.165, 1.54) is 35.7 Å². The fourth-order valence-electron chi connectivity index (χ4n) is 1.82. The van der Waals surface area contributed by atoms with E-state index in [0.29, 0.717) is 10.9 Å². The summed E-state index contributed by atoms with van der Waals surface area (Å²) in [5.74, 6) is 5.14. The van der Waals surface area contributed by atoms with Crippen molar-refractivity contribution in [3.8, 4) is 5.75 Å². The number of rotatable bonds is 3. The van der Waals surface area contributed by atoms with Gasteiger partial charge < -0.3 is 22.0 Å². The van der Waals surface area contributed by atoms with Gasteiger partial charge in [-0.3, -0.25) is 0 Å². The van der Waals surface area contributed by atoms with E-state index in [-0.39, 0.29) is 0 Å². The summed E-state index contributed by atoms with van der Waals surface area (Å²) in [7, 11) is -3.61. The molecule has 0 aromatic heterocycles. The summed E-state index contributed by atoms with van der Waals surface area (Å²) in [5, 5.41) is 0. The summed E-state index contributed by atoms with van der Waals surface area (Å²) in [6.07, 6.45) is 2.89. The lowest BCUT2D eigenvalue weighted by atomic mass is 10.2. The van der Waals surface area contributed by atoms with E-state index < -0.39 is 7.25 Å². The Morgan fingerprint density at radius 3 is 1.95 bits per heavy atom. The lowest BCUT2D eigenvalue weighted by molar-refractivity contribution is 0.368. The third-order valence-corrected chi connectivity index (χ3v) is 5.12. The predicted octanol–water partition coefficient (Wildman–Crippen LogP) is 3.91. The molecule has 1 saturated heterocycles. The number of ether oxygens (including phenoxy) is 1. The molecule has 0 aliphatic carbocycles. The Balaban J connectivity index is 0.000000312. The molecule has 0 unspecified atom stereocenters. The van der Waals surface area contributed by atoms with Gasteiger partial charge >= 0.3 is 7.25 Å². The van der Waals surface area contributed by atoms with Gasteiger partial charge in [0, 0.05) is 5.56 Å². The maximum atomic E-state index is 9.75. The Bertz CT molecular complexity index is 357. The molecule has 0 atom stereocenters. The maximum absolute atomic E-state index is 9.75. The first-order valence-electron chi connectivity index (χ1n) is 6.03. The van der Waals surface area contributed by atoms with Gasteiger partial charge in [0.15, 0.2) is 0 Å². The fraction of sp³-hybridized carbons (Fsp3) is 0.500. The minimum atomic E-state index is -6.00. The van der Waals surface area contributed by atoms with Crippen LogP contribution in [0.25, 0.3) is 0 Å². The van der Waals surface area contributed by atoms with Crippen LogP contribution >= 0.6 is 0 Å². The molecule has 0 saturated carbocycles. The summed E-state index contributed by atoms with van der Waals surface area (Å²) in [6, 6.07) is 8.53. The van der Waals surface area contributed by atoms with Crippen LogP contribution in [0.3, 0.4) is 0 Å². The Hall–Kier alpha value is -0.845. The predicted molar refractivity (Wildman–Crippen MR) is 73.2 cm³/mol. The van der Waals surface area contributed by atoms with Crippen molar-refractivity contribution in [3.63, 3.8) is 0 Å². The Labute approximate surface area is 113 Å². The second-order valence-corrected chi connectivity index (χ2v) is 6.54. The summed E-state index contributed by atoms with van der Waals surface area (Å²) in [6.45, 7) is 0. The van der Waals surface area contributed by atoms with E-state index in [2.05, 4.69) is 24.3 Å².